The normalized spacial score (nSPS) is 16.4. The molecule has 0 aromatic heterocycles. The lowest BCUT2D eigenvalue weighted by Gasteiger charge is -2.25. The van der Waals surface area contributed by atoms with E-state index in [1.54, 1.807) is 0 Å². The Bertz CT molecular complexity index is 2400. The van der Waals surface area contributed by atoms with Gasteiger partial charge in [0.1, 0.15) is 0 Å². The number of rotatable bonds is 3. The maximum atomic E-state index is 2.53. The summed E-state index contributed by atoms with van der Waals surface area (Å²) in [6, 6.07) is 58.8. The molecule has 2 aliphatic carbocycles. The molecule has 8 aromatic rings. The van der Waals surface area contributed by atoms with E-state index in [2.05, 4.69) is 158 Å². The molecule has 0 aliphatic heterocycles. The Hall–Kier alpha value is -5.46. The molecule has 8 aromatic carbocycles. The molecule has 0 bridgehead atoms. The molecule has 0 nitrogen and oxygen atoms in total. The van der Waals surface area contributed by atoms with E-state index in [-0.39, 0.29) is 0 Å². The molecular weight excluding hydrogens is 540 g/mol. The number of hydrogen-bond acceptors (Lipinski definition) is 0. The quantitative estimate of drug-likeness (QED) is 0.185. The molecule has 0 radical (unpaired) electrons. The average Bonchev–Trinajstić information content (AvgIpc) is 3.92. The molecule has 210 valence electrons. The van der Waals surface area contributed by atoms with Gasteiger partial charge in [-0.25, -0.2) is 0 Å². The van der Waals surface area contributed by atoms with Crippen molar-refractivity contribution in [3.05, 3.63) is 169 Å². The minimum Gasteiger partial charge on any atom is -0.0622 e. The van der Waals surface area contributed by atoms with Gasteiger partial charge in [-0.15, -0.1) is 0 Å². The van der Waals surface area contributed by atoms with E-state index in [0.717, 1.165) is 0 Å². The summed E-state index contributed by atoms with van der Waals surface area (Å²) in [5.41, 5.74) is 13.8. The number of hydrogen-bond donors (Lipinski definition) is 0. The molecule has 0 N–H and O–H groups in total. The second-order valence-corrected chi connectivity index (χ2v) is 12.8. The van der Waals surface area contributed by atoms with Crippen LogP contribution >= 0.6 is 0 Å². The van der Waals surface area contributed by atoms with Gasteiger partial charge >= 0.3 is 0 Å². The summed E-state index contributed by atoms with van der Waals surface area (Å²) < 4.78 is 0. The zero-order valence-corrected chi connectivity index (χ0v) is 24.9. The van der Waals surface area contributed by atoms with Crippen molar-refractivity contribution in [2.45, 2.75) is 18.3 Å². The molecule has 1 fully saturated rings. The molecule has 0 heterocycles. The number of fused-ring (bicyclic) bond motifs is 9. The van der Waals surface area contributed by atoms with Crippen molar-refractivity contribution in [3.63, 3.8) is 0 Å². The topological polar surface area (TPSA) is 0 Å². The van der Waals surface area contributed by atoms with E-state index < -0.39 is 0 Å². The fourth-order valence-electron chi connectivity index (χ4n) is 8.38. The molecule has 2 unspecified atom stereocenters. The Morgan fingerprint density at radius 2 is 0.867 bits per heavy atom. The molecule has 1 saturated carbocycles. The first-order valence-corrected chi connectivity index (χ1v) is 16.1. The highest BCUT2D eigenvalue weighted by Gasteiger charge is 2.46. The van der Waals surface area contributed by atoms with Crippen LogP contribution in [0.5, 0.6) is 0 Å². The minimum absolute atomic E-state index is 0.576. The summed E-state index contributed by atoms with van der Waals surface area (Å²) >= 11 is 0. The third-order valence-electron chi connectivity index (χ3n) is 10.4. The second kappa shape index (κ2) is 9.52. The molecular formula is C45H30. The average molecular weight is 571 g/mol. The van der Waals surface area contributed by atoms with Crippen molar-refractivity contribution in [1.29, 1.82) is 0 Å². The van der Waals surface area contributed by atoms with Gasteiger partial charge in [-0.05, 0) is 118 Å². The predicted molar refractivity (Wildman–Crippen MR) is 191 cm³/mol. The first-order valence-electron chi connectivity index (χ1n) is 16.1. The highest BCUT2D eigenvalue weighted by Crippen LogP contribution is 2.64. The van der Waals surface area contributed by atoms with Crippen molar-refractivity contribution >= 4 is 32.3 Å². The molecule has 0 amide bonds. The van der Waals surface area contributed by atoms with Gasteiger partial charge in [0.25, 0.3) is 0 Å². The van der Waals surface area contributed by atoms with Crippen LogP contribution in [0.15, 0.2) is 158 Å². The van der Waals surface area contributed by atoms with Gasteiger partial charge in [0.05, 0.1) is 0 Å². The van der Waals surface area contributed by atoms with Gasteiger partial charge < -0.3 is 0 Å². The highest BCUT2D eigenvalue weighted by molar-refractivity contribution is 6.22. The summed E-state index contributed by atoms with van der Waals surface area (Å²) in [6.07, 6.45) is 1.23. The third kappa shape index (κ3) is 3.66. The lowest BCUT2D eigenvalue weighted by molar-refractivity contribution is 1.01. The van der Waals surface area contributed by atoms with Crippen molar-refractivity contribution in [3.8, 4) is 44.5 Å². The summed E-state index contributed by atoms with van der Waals surface area (Å²) in [5, 5.41) is 7.80. The van der Waals surface area contributed by atoms with Crippen LogP contribution in [0, 0.1) is 0 Å². The SMILES string of the molecule is c1ccc(-c2c3ccccc3c(-c3cc4c(c(-c5cccc6ccccc56)c3)C3CC3c3ccccc3-4)c3ccccc23)cc1. The minimum atomic E-state index is 0.576. The standard InChI is InChI=1S/C45H30/c1-2-14-29(15-3-1)43-35-20-8-10-22-37(35)44(38-23-11-9-21-36(38)43)30-25-40(32-24-12-16-28-13-4-5-17-31(28)32)45-41(26-30)34-19-7-6-18-33(34)39-27-42(39)45/h1-26,39,42H,27H2. The van der Waals surface area contributed by atoms with Crippen molar-refractivity contribution in [2.24, 2.45) is 0 Å². The number of benzene rings is 8. The van der Waals surface area contributed by atoms with E-state index >= 15 is 0 Å². The fourth-order valence-corrected chi connectivity index (χ4v) is 8.38. The lowest BCUT2D eigenvalue weighted by atomic mass is 9.78. The fraction of sp³-hybridized carbons (Fsp3) is 0.0667. The lowest BCUT2D eigenvalue weighted by Crippen LogP contribution is -2.03. The van der Waals surface area contributed by atoms with Crippen molar-refractivity contribution < 1.29 is 0 Å². The van der Waals surface area contributed by atoms with Gasteiger partial charge in [-0.2, -0.15) is 0 Å². The smallest absolute Gasteiger partial charge is 0.00259 e. The van der Waals surface area contributed by atoms with Crippen molar-refractivity contribution in [2.75, 3.05) is 0 Å². The first kappa shape index (κ1) is 24.9. The van der Waals surface area contributed by atoms with E-state index in [9.17, 15) is 0 Å². The third-order valence-corrected chi connectivity index (χ3v) is 10.4. The maximum absolute atomic E-state index is 2.53. The van der Waals surface area contributed by atoms with E-state index in [1.165, 1.54) is 94.4 Å². The molecule has 2 aliphatic rings. The predicted octanol–water partition coefficient (Wildman–Crippen LogP) is 12.4. The highest BCUT2D eigenvalue weighted by atomic mass is 14.5. The Morgan fingerprint density at radius 1 is 0.356 bits per heavy atom. The Morgan fingerprint density at radius 3 is 1.58 bits per heavy atom. The Labute approximate surface area is 263 Å². The van der Waals surface area contributed by atoms with Gasteiger partial charge in [0.15, 0.2) is 0 Å². The second-order valence-electron chi connectivity index (χ2n) is 12.8. The first-order chi connectivity index (χ1) is 22.3. The largest absolute Gasteiger partial charge is 0.0622 e. The summed E-state index contributed by atoms with van der Waals surface area (Å²) in [4.78, 5) is 0. The van der Waals surface area contributed by atoms with Crippen LogP contribution in [0.2, 0.25) is 0 Å². The summed E-state index contributed by atoms with van der Waals surface area (Å²) in [7, 11) is 0. The molecule has 2 atom stereocenters. The Kier molecular flexibility index (Phi) is 5.27. The molecule has 45 heavy (non-hydrogen) atoms. The van der Waals surface area contributed by atoms with Crippen LogP contribution in [-0.2, 0) is 0 Å². The molecule has 0 heteroatoms. The molecule has 10 rings (SSSR count). The van der Waals surface area contributed by atoms with Crippen molar-refractivity contribution in [1.82, 2.24) is 0 Å². The molecule has 0 spiro atoms. The maximum Gasteiger partial charge on any atom is -0.00259 e. The van der Waals surface area contributed by atoms with Crippen LogP contribution in [-0.4, -0.2) is 0 Å². The molecule has 0 saturated heterocycles. The van der Waals surface area contributed by atoms with Gasteiger partial charge in [0.2, 0.25) is 0 Å². The van der Waals surface area contributed by atoms with Gasteiger partial charge in [-0.1, -0.05) is 146 Å². The van der Waals surface area contributed by atoms with Crippen LogP contribution < -0.4 is 0 Å². The van der Waals surface area contributed by atoms with Crippen LogP contribution in [0.3, 0.4) is 0 Å². The Balaban J connectivity index is 1.36. The monoisotopic (exact) mass is 570 g/mol. The van der Waals surface area contributed by atoms with E-state index in [4.69, 9.17) is 0 Å². The van der Waals surface area contributed by atoms with Crippen LogP contribution in [0.1, 0.15) is 29.4 Å². The van der Waals surface area contributed by atoms with E-state index in [1.807, 2.05) is 0 Å². The summed E-state index contributed by atoms with van der Waals surface area (Å²) in [6.45, 7) is 0. The zero-order valence-electron chi connectivity index (χ0n) is 24.9. The summed E-state index contributed by atoms with van der Waals surface area (Å²) in [5.74, 6) is 1.20. The van der Waals surface area contributed by atoms with E-state index in [0.29, 0.717) is 11.8 Å². The van der Waals surface area contributed by atoms with Crippen LogP contribution in [0.25, 0.3) is 76.8 Å². The van der Waals surface area contributed by atoms with Crippen LogP contribution in [0.4, 0.5) is 0 Å². The van der Waals surface area contributed by atoms with Gasteiger partial charge in [0, 0.05) is 0 Å². The van der Waals surface area contributed by atoms with Gasteiger partial charge in [-0.3, -0.25) is 0 Å². The zero-order chi connectivity index (χ0) is 29.5.